The van der Waals surface area contributed by atoms with Crippen molar-refractivity contribution in [1.29, 1.82) is 0 Å². The third kappa shape index (κ3) is 4.81. The van der Waals surface area contributed by atoms with Gasteiger partial charge >= 0.3 is 0 Å². The Morgan fingerprint density at radius 3 is 2.26 bits per heavy atom. The fraction of sp³-hybridized carbons (Fsp3) is 0.538. The van der Waals surface area contributed by atoms with Gasteiger partial charge in [0.25, 0.3) is 0 Å². The Morgan fingerprint density at radius 1 is 1.21 bits per heavy atom. The van der Waals surface area contributed by atoms with Gasteiger partial charge in [-0.15, -0.1) is 0 Å². The molecule has 0 atom stereocenters. The summed E-state index contributed by atoms with van der Waals surface area (Å²) in [5, 5.41) is 3.12. The molecule has 0 heterocycles. The van der Waals surface area contributed by atoms with Gasteiger partial charge in [-0.3, -0.25) is 0 Å². The Morgan fingerprint density at radius 2 is 1.79 bits per heavy atom. The molecule has 0 radical (unpaired) electrons. The van der Waals surface area contributed by atoms with Crippen molar-refractivity contribution in [1.82, 2.24) is 4.72 Å². The average molecular weight is 286 g/mol. The van der Waals surface area contributed by atoms with E-state index in [4.69, 9.17) is 4.74 Å². The van der Waals surface area contributed by atoms with E-state index in [-0.39, 0.29) is 11.4 Å². The van der Waals surface area contributed by atoms with Crippen LogP contribution in [0.3, 0.4) is 0 Å². The predicted molar refractivity (Wildman–Crippen MR) is 76.9 cm³/mol. The molecule has 19 heavy (non-hydrogen) atoms. The van der Waals surface area contributed by atoms with Crippen LogP contribution in [0.5, 0.6) is 0 Å². The highest BCUT2D eigenvalue weighted by molar-refractivity contribution is 7.89. The molecule has 0 spiro atoms. The zero-order chi connectivity index (χ0) is 14.5. The largest absolute Gasteiger partial charge is 0.385 e. The van der Waals surface area contributed by atoms with E-state index in [0.717, 1.165) is 12.2 Å². The Balaban J connectivity index is 2.77. The number of rotatable bonds is 7. The molecule has 0 saturated heterocycles. The van der Waals surface area contributed by atoms with E-state index in [9.17, 15) is 8.42 Å². The monoisotopic (exact) mass is 286 g/mol. The minimum Gasteiger partial charge on any atom is -0.385 e. The van der Waals surface area contributed by atoms with Crippen molar-refractivity contribution in [3.8, 4) is 0 Å². The lowest BCUT2D eigenvalue weighted by atomic mass is 10.1. The van der Waals surface area contributed by atoms with Gasteiger partial charge in [0, 0.05) is 25.9 Å². The third-order valence-corrected chi connectivity index (χ3v) is 4.20. The van der Waals surface area contributed by atoms with Gasteiger partial charge in [0.2, 0.25) is 10.0 Å². The molecule has 0 aliphatic heterocycles. The van der Waals surface area contributed by atoms with Crippen LogP contribution in [-0.4, -0.2) is 34.2 Å². The molecule has 1 aromatic carbocycles. The van der Waals surface area contributed by atoms with Gasteiger partial charge in [-0.05, 0) is 45.0 Å². The number of anilines is 1. The molecule has 2 N–H and O–H groups in total. The Hall–Kier alpha value is -1.11. The van der Waals surface area contributed by atoms with E-state index in [2.05, 4.69) is 10.0 Å². The summed E-state index contributed by atoms with van der Waals surface area (Å²) in [6.07, 6.45) is 0. The predicted octanol–water partition coefficient (Wildman–Crippen LogP) is 1.82. The van der Waals surface area contributed by atoms with E-state index >= 15 is 0 Å². The summed E-state index contributed by atoms with van der Waals surface area (Å²) in [5.74, 6) is 0. The normalized spacial score (nSPS) is 12.4. The smallest absolute Gasteiger partial charge is 0.240 e. The molecule has 5 nitrogen and oxygen atoms in total. The van der Waals surface area contributed by atoms with Crippen LogP contribution in [0.2, 0.25) is 0 Å². The van der Waals surface area contributed by atoms with Gasteiger partial charge < -0.3 is 10.1 Å². The Kier molecular flexibility index (Phi) is 5.34. The van der Waals surface area contributed by atoms with Crippen LogP contribution in [-0.2, 0) is 14.8 Å². The second-order valence-corrected chi connectivity index (χ2v) is 6.61. The molecule has 0 aromatic heterocycles. The fourth-order valence-corrected chi connectivity index (χ4v) is 2.58. The molecule has 0 saturated carbocycles. The van der Waals surface area contributed by atoms with E-state index in [0.29, 0.717) is 0 Å². The molecule has 108 valence electrons. The molecule has 1 aromatic rings. The Bertz CT molecular complexity index is 495. The standard InChI is InChI=1S/C13H22N2O3S/c1-5-14-11-6-8-12(9-7-11)19(16,17)15-10-13(2,3)18-4/h6-9,14-15H,5,10H2,1-4H3. The first kappa shape index (κ1) is 15.9. The van der Waals surface area contributed by atoms with Crippen molar-refractivity contribution in [3.63, 3.8) is 0 Å². The molecule has 0 unspecified atom stereocenters. The number of benzene rings is 1. The third-order valence-electron chi connectivity index (χ3n) is 2.79. The molecule has 0 fully saturated rings. The highest BCUT2D eigenvalue weighted by Gasteiger charge is 2.21. The van der Waals surface area contributed by atoms with E-state index < -0.39 is 15.6 Å². The van der Waals surface area contributed by atoms with Crippen LogP contribution < -0.4 is 10.0 Å². The van der Waals surface area contributed by atoms with Gasteiger partial charge in [0.15, 0.2) is 0 Å². The van der Waals surface area contributed by atoms with Gasteiger partial charge in [0.1, 0.15) is 0 Å². The number of nitrogens with one attached hydrogen (secondary N) is 2. The maximum Gasteiger partial charge on any atom is 0.240 e. The quantitative estimate of drug-likeness (QED) is 0.802. The molecule has 6 heteroatoms. The number of methoxy groups -OCH3 is 1. The topological polar surface area (TPSA) is 67.4 Å². The zero-order valence-electron chi connectivity index (χ0n) is 11.9. The molecule has 0 amide bonds. The second-order valence-electron chi connectivity index (χ2n) is 4.84. The summed E-state index contributed by atoms with van der Waals surface area (Å²) in [5.41, 5.74) is 0.371. The average Bonchev–Trinajstić information content (AvgIpc) is 2.38. The lowest BCUT2D eigenvalue weighted by molar-refractivity contribution is 0.0276. The van der Waals surface area contributed by atoms with Crippen molar-refractivity contribution in [2.24, 2.45) is 0 Å². The summed E-state index contributed by atoms with van der Waals surface area (Å²) < 4.78 is 31.9. The molecule has 0 aliphatic rings. The first-order valence-electron chi connectivity index (χ1n) is 6.19. The van der Waals surface area contributed by atoms with Gasteiger partial charge in [-0.25, -0.2) is 13.1 Å². The number of hydrogen-bond acceptors (Lipinski definition) is 4. The second kappa shape index (κ2) is 6.36. The fourth-order valence-electron chi connectivity index (χ4n) is 1.38. The van der Waals surface area contributed by atoms with E-state index in [1.807, 2.05) is 20.8 Å². The van der Waals surface area contributed by atoms with Crippen molar-refractivity contribution < 1.29 is 13.2 Å². The van der Waals surface area contributed by atoms with Crippen LogP contribution >= 0.6 is 0 Å². The van der Waals surface area contributed by atoms with Crippen molar-refractivity contribution in [2.75, 3.05) is 25.5 Å². The maximum atomic E-state index is 12.1. The van der Waals surface area contributed by atoms with Crippen LogP contribution in [0.25, 0.3) is 0 Å². The summed E-state index contributed by atoms with van der Waals surface area (Å²) in [7, 11) is -1.94. The Labute approximate surface area is 115 Å². The van der Waals surface area contributed by atoms with Crippen LogP contribution in [0, 0.1) is 0 Å². The van der Waals surface area contributed by atoms with E-state index in [1.165, 1.54) is 0 Å². The van der Waals surface area contributed by atoms with Crippen molar-refractivity contribution >= 4 is 15.7 Å². The van der Waals surface area contributed by atoms with E-state index in [1.54, 1.807) is 31.4 Å². The SMILES string of the molecule is CCNc1ccc(S(=O)(=O)NCC(C)(C)OC)cc1. The summed E-state index contributed by atoms with van der Waals surface area (Å²) in [6.45, 7) is 6.65. The lowest BCUT2D eigenvalue weighted by Crippen LogP contribution is -2.39. The first-order valence-corrected chi connectivity index (χ1v) is 7.68. The summed E-state index contributed by atoms with van der Waals surface area (Å²) in [6, 6.07) is 6.67. The van der Waals surface area contributed by atoms with Crippen LogP contribution in [0.15, 0.2) is 29.2 Å². The van der Waals surface area contributed by atoms with Gasteiger partial charge in [-0.1, -0.05) is 0 Å². The van der Waals surface area contributed by atoms with Crippen LogP contribution in [0.1, 0.15) is 20.8 Å². The number of sulfonamides is 1. The zero-order valence-corrected chi connectivity index (χ0v) is 12.7. The summed E-state index contributed by atoms with van der Waals surface area (Å²) >= 11 is 0. The maximum absolute atomic E-state index is 12.1. The minimum absolute atomic E-state index is 0.223. The molecular weight excluding hydrogens is 264 g/mol. The highest BCUT2D eigenvalue weighted by Crippen LogP contribution is 2.15. The van der Waals surface area contributed by atoms with Crippen molar-refractivity contribution in [2.45, 2.75) is 31.3 Å². The highest BCUT2D eigenvalue weighted by atomic mass is 32.2. The number of hydrogen-bond donors (Lipinski definition) is 2. The minimum atomic E-state index is -3.49. The molecular formula is C13H22N2O3S. The first-order chi connectivity index (χ1) is 8.80. The van der Waals surface area contributed by atoms with Gasteiger partial charge in [0.05, 0.1) is 10.5 Å². The van der Waals surface area contributed by atoms with Crippen molar-refractivity contribution in [3.05, 3.63) is 24.3 Å². The van der Waals surface area contributed by atoms with Gasteiger partial charge in [-0.2, -0.15) is 0 Å². The molecule has 1 rings (SSSR count). The molecule has 0 bridgehead atoms. The summed E-state index contributed by atoms with van der Waals surface area (Å²) in [4.78, 5) is 0.251. The van der Waals surface area contributed by atoms with Crippen LogP contribution in [0.4, 0.5) is 5.69 Å². The lowest BCUT2D eigenvalue weighted by Gasteiger charge is -2.23. The molecule has 0 aliphatic carbocycles. The number of ether oxygens (including phenoxy) is 1.